The molecule has 3 rings (SSSR count). The number of carbonyl (C=O) groups is 1. The number of ether oxygens (including phenoxy) is 1. The van der Waals surface area contributed by atoms with Crippen LogP contribution in [0.25, 0.3) is 0 Å². The fourth-order valence-corrected chi connectivity index (χ4v) is 2.67. The Hall–Kier alpha value is -2.21. The van der Waals surface area contributed by atoms with Crippen LogP contribution in [0, 0.1) is 6.92 Å². The van der Waals surface area contributed by atoms with Gasteiger partial charge in [-0.25, -0.2) is 0 Å². The van der Waals surface area contributed by atoms with Crippen LogP contribution in [0.5, 0.6) is 0 Å². The van der Waals surface area contributed by atoms with Crippen molar-refractivity contribution in [2.45, 2.75) is 38.8 Å². The maximum atomic E-state index is 12.2. The Labute approximate surface area is 128 Å². The molecule has 22 heavy (non-hydrogen) atoms. The van der Waals surface area contributed by atoms with Gasteiger partial charge in [-0.1, -0.05) is 29.4 Å². The van der Waals surface area contributed by atoms with E-state index in [0.717, 1.165) is 12.0 Å². The first-order valence-electron chi connectivity index (χ1n) is 7.42. The van der Waals surface area contributed by atoms with Crippen LogP contribution in [0.3, 0.4) is 0 Å². The number of aromatic nitrogens is 2. The van der Waals surface area contributed by atoms with Crippen molar-refractivity contribution >= 4 is 5.91 Å². The predicted molar refractivity (Wildman–Crippen MR) is 79.0 cm³/mol. The molecule has 1 aliphatic heterocycles. The minimum Gasteiger partial charge on any atom is -0.373 e. The number of hydrogen-bond donors (Lipinski definition) is 1. The van der Waals surface area contributed by atoms with Gasteiger partial charge in [0.15, 0.2) is 5.82 Å². The summed E-state index contributed by atoms with van der Waals surface area (Å²) in [5.41, 5.74) is 2.36. The van der Waals surface area contributed by atoms with Gasteiger partial charge in [0.2, 0.25) is 11.8 Å². The maximum absolute atomic E-state index is 12.2. The predicted octanol–water partition coefficient (Wildman–Crippen LogP) is 2.26. The summed E-state index contributed by atoms with van der Waals surface area (Å²) in [6, 6.07) is 7.79. The molecule has 2 aromatic rings. The fourth-order valence-electron chi connectivity index (χ4n) is 2.67. The minimum absolute atomic E-state index is 0.0925. The standard InChI is InChI=1S/C16H19N3O3/c1-10(16-18-11(2)19-22-16)17-15(20)9-14-13-6-4-3-5-12(13)7-8-21-14/h3-6,10,14H,7-9H2,1-2H3,(H,17,20)/t10-,14+/m1/s1. The molecule has 2 atom stereocenters. The molecule has 6 heteroatoms. The number of hydrogen-bond acceptors (Lipinski definition) is 5. The lowest BCUT2D eigenvalue weighted by atomic mass is 9.95. The van der Waals surface area contributed by atoms with Gasteiger partial charge >= 0.3 is 0 Å². The lowest BCUT2D eigenvalue weighted by Gasteiger charge is -2.26. The van der Waals surface area contributed by atoms with Gasteiger partial charge in [-0.15, -0.1) is 0 Å². The number of aryl methyl sites for hydroxylation is 1. The largest absolute Gasteiger partial charge is 0.373 e. The van der Waals surface area contributed by atoms with Crippen molar-refractivity contribution in [3.05, 3.63) is 47.1 Å². The van der Waals surface area contributed by atoms with E-state index in [1.54, 1.807) is 6.92 Å². The molecule has 2 heterocycles. The molecule has 1 aromatic heterocycles. The number of rotatable bonds is 4. The van der Waals surface area contributed by atoms with Crippen LogP contribution < -0.4 is 5.32 Å². The third-order valence-corrected chi connectivity index (χ3v) is 3.75. The zero-order chi connectivity index (χ0) is 15.5. The number of benzene rings is 1. The van der Waals surface area contributed by atoms with Gasteiger partial charge in [-0.3, -0.25) is 4.79 Å². The van der Waals surface area contributed by atoms with Crippen LogP contribution in [-0.4, -0.2) is 22.7 Å². The quantitative estimate of drug-likeness (QED) is 0.937. The lowest BCUT2D eigenvalue weighted by Crippen LogP contribution is -2.30. The van der Waals surface area contributed by atoms with Crippen LogP contribution in [0.2, 0.25) is 0 Å². The number of amides is 1. The summed E-state index contributed by atoms with van der Waals surface area (Å²) in [5, 5.41) is 6.60. The highest BCUT2D eigenvalue weighted by Gasteiger charge is 2.24. The molecule has 0 saturated carbocycles. The Balaban J connectivity index is 1.63. The smallest absolute Gasteiger partial charge is 0.248 e. The van der Waals surface area contributed by atoms with Gasteiger partial charge < -0.3 is 14.6 Å². The summed E-state index contributed by atoms with van der Waals surface area (Å²) in [7, 11) is 0. The molecule has 1 amide bonds. The van der Waals surface area contributed by atoms with Gasteiger partial charge in [-0.05, 0) is 31.4 Å². The summed E-state index contributed by atoms with van der Waals surface area (Å²) in [6.07, 6.45) is 0.988. The summed E-state index contributed by atoms with van der Waals surface area (Å²) < 4.78 is 10.8. The molecule has 0 fully saturated rings. The summed E-state index contributed by atoms with van der Waals surface area (Å²) in [4.78, 5) is 16.4. The third kappa shape index (κ3) is 3.17. The average Bonchev–Trinajstić information content (AvgIpc) is 2.94. The second kappa shape index (κ2) is 6.27. The minimum atomic E-state index is -0.312. The highest BCUT2D eigenvalue weighted by molar-refractivity contribution is 5.77. The first-order chi connectivity index (χ1) is 10.6. The molecular weight excluding hydrogens is 282 g/mol. The summed E-state index contributed by atoms with van der Waals surface area (Å²) >= 11 is 0. The number of nitrogens with zero attached hydrogens (tertiary/aromatic N) is 2. The Morgan fingerprint density at radius 2 is 2.27 bits per heavy atom. The van der Waals surface area contributed by atoms with Crippen molar-refractivity contribution in [1.29, 1.82) is 0 Å². The fraction of sp³-hybridized carbons (Fsp3) is 0.438. The van der Waals surface area contributed by atoms with Crippen LogP contribution in [-0.2, 0) is 16.0 Å². The SMILES string of the molecule is Cc1noc([C@@H](C)NC(=O)C[C@@H]2OCCc3ccccc32)n1. The van der Waals surface area contributed by atoms with Crippen molar-refractivity contribution in [3.63, 3.8) is 0 Å². The van der Waals surface area contributed by atoms with E-state index in [1.165, 1.54) is 5.56 Å². The molecule has 1 N–H and O–H groups in total. The molecule has 0 aliphatic carbocycles. The van der Waals surface area contributed by atoms with Gasteiger partial charge in [0.25, 0.3) is 0 Å². The van der Waals surface area contributed by atoms with E-state index in [1.807, 2.05) is 25.1 Å². The van der Waals surface area contributed by atoms with E-state index in [4.69, 9.17) is 9.26 Å². The topological polar surface area (TPSA) is 77.2 Å². The van der Waals surface area contributed by atoms with E-state index < -0.39 is 0 Å². The zero-order valence-corrected chi connectivity index (χ0v) is 12.7. The highest BCUT2D eigenvalue weighted by Crippen LogP contribution is 2.29. The molecule has 0 bridgehead atoms. The number of nitrogens with one attached hydrogen (secondary N) is 1. The first kappa shape index (κ1) is 14.7. The van der Waals surface area contributed by atoms with E-state index >= 15 is 0 Å². The summed E-state index contributed by atoms with van der Waals surface area (Å²) in [6.45, 7) is 4.21. The molecule has 0 spiro atoms. The first-order valence-corrected chi connectivity index (χ1v) is 7.42. The Morgan fingerprint density at radius 3 is 3.05 bits per heavy atom. The number of carbonyl (C=O) groups excluding carboxylic acids is 1. The molecule has 0 radical (unpaired) electrons. The third-order valence-electron chi connectivity index (χ3n) is 3.75. The van der Waals surface area contributed by atoms with Crippen LogP contribution in [0.4, 0.5) is 0 Å². The van der Waals surface area contributed by atoms with Crippen LogP contribution >= 0.6 is 0 Å². The van der Waals surface area contributed by atoms with Gasteiger partial charge in [0.1, 0.15) is 6.04 Å². The van der Waals surface area contributed by atoms with Crippen molar-refractivity contribution in [2.75, 3.05) is 6.61 Å². The second-order valence-corrected chi connectivity index (χ2v) is 5.48. The lowest BCUT2D eigenvalue weighted by molar-refractivity contribution is -0.125. The van der Waals surface area contributed by atoms with Crippen molar-refractivity contribution in [1.82, 2.24) is 15.5 Å². The van der Waals surface area contributed by atoms with E-state index in [9.17, 15) is 4.79 Å². The van der Waals surface area contributed by atoms with E-state index in [0.29, 0.717) is 18.3 Å². The zero-order valence-electron chi connectivity index (χ0n) is 12.7. The second-order valence-electron chi connectivity index (χ2n) is 5.48. The average molecular weight is 301 g/mol. The molecule has 1 aromatic carbocycles. The molecule has 116 valence electrons. The van der Waals surface area contributed by atoms with Crippen molar-refractivity contribution < 1.29 is 14.1 Å². The van der Waals surface area contributed by atoms with Crippen LogP contribution in [0.1, 0.15) is 48.3 Å². The van der Waals surface area contributed by atoms with Crippen molar-refractivity contribution in [3.8, 4) is 0 Å². The monoisotopic (exact) mass is 301 g/mol. The maximum Gasteiger partial charge on any atom is 0.248 e. The van der Waals surface area contributed by atoms with Gasteiger partial charge in [0.05, 0.1) is 19.1 Å². The Kier molecular flexibility index (Phi) is 4.20. The molecule has 0 saturated heterocycles. The Morgan fingerprint density at radius 1 is 1.45 bits per heavy atom. The van der Waals surface area contributed by atoms with Gasteiger partial charge in [0, 0.05) is 0 Å². The Bertz CT molecular complexity index is 668. The number of fused-ring (bicyclic) bond motifs is 1. The van der Waals surface area contributed by atoms with Crippen LogP contribution in [0.15, 0.2) is 28.8 Å². The van der Waals surface area contributed by atoms with Crippen molar-refractivity contribution in [2.24, 2.45) is 0 Å². The molecular formula is C16H19N3O3. The molecule has 1 aliphatic rings. The normalized spacial score (nSPS) is 18.5. The highest BCUT2D eigenvalue weighted by atomic mass is 16.5. The molecule has 0 unspecified atom stereocenters. The van der Waals surface area contributed by atoms with Gasteiger partial charge in [-0.2, -0.15) is 4.98 Å². The van der Waals surface area contributed by atoms with E-state index in [-0.39, 0.29) is 24.5 Å². The summed E-state index contributed by atoms with van der Waals surface area (Å²) in [5.74, 6) is 0.876. The molecule has 6 nitrogen and oxygen atoms in total. The van der Waals surface area contributed by atoms with E-state index in [2.05, 4.69) is 21.5 Å².